The molecule has 29 heavy (non-hydrogen) atoms. The summed E-state index contributed by atoms with van der Waals surface area (Å²) in [5, 5.41) is 3.20. The van der Waals surface area contributed by atoms with Crippen LogP contribution in [0.1, 0.15) is 20.9 Å². The van der Waals surface area contributed by atoms with Gasteiger partial charge in [0, 0.05) is 42.7 Å². The molecule has 6 heteroatoms. The summed E-state index contributed by atoms with van der Waals surface area (Å²) in [5.41, 5.74) is 3.95. The quantitative estimate of drug-likeness (QED) is 0.639. The van der Waals surface area contributed by atoms with Crippen LogP contribution in [0.4, 0.5) is 0 Å². The number of hydrogen-bond acceptors (Lipinski definition) is 5. The van der Waals surface area contributed by atoms with Crippen molar-refractivity contribution >= 4 is 17.2 Å². The number of benzene rings is 2. The largest absolute Gasteiger partial charge is 0.497 e. The second kappa shape index (κ2) is 8.76. The highest BCUT2D eigenvalue weighted by molar-refractivity contribution is 7.09. The van der Waals surface area contributed by atoms with Crippen molar-refractivity contribution < 1.29 is 9.53 Å². The van der Waals surface area contributed by atoms with Crippen LogP contribution in [0.5, 0.6) is 5.75 Å². The topological polar surface area (TPSA) is 45.7 Å². The Balaban J connectivity index is 1.34. The van der Waals surface area contributed by atoms with Gasteiger partial charge in [-0.2, -0.15) is 0 Å². The number of aryl methyl sites for hydroxylation is 1. The van der Waals surface area contributed by atoms with Crippen LogP contribution in [0.15, 0.2) is 53.9 Å². The highest BCUT2D eigenvalue weighted by atomic mass is 32.1. The number of piperazine rings is 1. The van der Waals surface area contributed by atoms with Gasteiger partial charge in [0.15, 0.2) is 0 Å². The van der Waals surface area contributed by atoms with E-state index in [1.165, 1.54) is 0 Å². The van der Waals surface area contributed by atoms with Gasteiger partial charge in [0.1, 0.15) is 10.8 Å². The molecule has 0 aliphatic carbocycles. The third-order valence-corrected chi connectivity index (χ3v) is 6.03. The lowest BCUT2D eigenvalue weighted by Crippen LogP contribution is -2.48. The minimum atomic E-state index is 0.128. The fourth-order valence-electron chi connectivity index (χ4n) is 3.56. The first-order chi connectivity index (χ1) is 14.1. The number of methoxy groups -OCH3 is 1. The van der Waals surface area contributed by atoms with Crippen LogP contribution in [0.2, 0.25) is 0 Å². The van der Waals surface area contributed by atoms with Gasteiger partial charge >= 0.3 is 0 Å². The van der Waals surface area contributed by atoms with E-state index in [-0.39, 0.29) is 5.91 Å². The molecule has 2 heterocycles. The maximum Gasteiger partial charge on any atom is 0.253 e. The molecule has 4 rings (SSSR count). The fourth-order valence-corrected chi connectivity index (χ4v) is 4.40. The first-order valence-corrected chi connectivity index (χ1v) is 10.7. The summed E-state index contributed by atoms with van der Waals surface area (Å²) in [6.45, 7) is 6.07. The third-order valence-electron chi connectivity index (χ3n) is 5.20. The number of amides is 1. The number of carbonyl (C=O) groups is 1. The van der Waals surface area contributed by atoms with Gasteiger partial charge in [-0.1, -0.05) is 29.8 Å². The molecule has 0 radical (unpaired) electrons. The van der Waals surface area contributed by atoms with Gasteiger partial charge in [0.2, 0.25) is 0 Å². The normalized spacial score (nSPS) is 14.8. The van der Waals surface area contributed by atoms with E-state index in [2.05, 4.69) is 16.3 Å². The summed E-state index contributed by atoms with van der Waals surface area (Å²) in [4.78, 5) is 21.8. The molecule has 5 nitrogen and oxygen atoms in total. The number of ether oxygens (including phenoxy) is 1. The zero-order chi connectivity index (χ0) is 20.2. The predicted molar refractivity (Wildman–Crippen MR) is 116 cm³/mol. The summed E-state index contributed by atoms with van der Waals surface area (Å²) >= 11 is 1.68. The van der Waals surface area contributed by atoms with E-state index in [1.54, 1.807) is 18.4 Å². The Labute approximate surface area is 175 Å². The van der Waals surface area contributed by atoms with Crippen LogP contribution in [0, 0.1) is 6.92 Å². The number of rotatable bonds is 5. The van der Waals surface area contributed by atoms with E-state index in [0.29, 0.717) is 0 Å². The highest BCUT2D eigenvalue weighted by Gasteiger charge is 2.22. The van der Waals surface area contributed by atoms with Crippen LogP contribution in [-0.2, 0) is 6.54 Å². The predicted octanol–water partition coefficient (Wildman–Crippen LogP) is 4.09. The first kappa shape index (κ1) is 19.6. The van der Waals surface area contributed by atoms with Crippen LogP contribution < -0.4 is 4.74 Å². The molecular formula is C23H25N3O2S. The number of thiazole rings is 1. The number of hydrogen-bond donors (Lipinski definition) is 0. The molecule has 150 valence electrons. The number of nitrogens with zero attached hydrogens (tertiary/aromatic N) is 3. The van der Waals surface area contributed by atoms with Crippen molar-refractivity contribution in [1.29, 1.82) is 0 Å². The lowest BCUT2D eigenvalue weighted by Gasteiger charge is -2.34. The van der Waals surface area contributed by atoms with Gasteiger partial charge in [-0.05, 0) is 31.2 Å². The smallest absolute Gasteiger partial charge is 0.253 e. The van der Waals surface area contributed by atoms with Crippen molar-refractivity contribution in [2.24, 2.45) is 0 Å². The van der Waals surface area contributed by atoms with Gasteiger partial charge in [-0.15, -0.1) is 11.3 Å². The average molecular weight is 408 g/mol. The van der Waals surface area contributed by atoms with Crippen molar-refractivity contribution in [2.75, 3.05) is 33.3 Å². The Bertz CT molecular complexity index is 993. The fraction of sp³-hybridized carbons (Fsp3) is 0.304. The summed E-state index contributed by atoms with van der Waals surface area (Å²) in [7, 11) is 1.68. The monoisotopic (exact) mass is 407 g/mol. The van der Waals surface area contributed by atoms with E-state index in [4.69, 9.17) is 9.72 Å². The summed E-state index contributed by atoms with van der Waals surface area (Å²) in [6.07, 6.45) is 0. The molecular weight excluding hydrogens is 382 g/mol. The Morgan fingerprint density at radius 1 is 1.10 bits per heavy atom. The molecule has 0 saturated carbocycles. The molecule has 0 spiro atoms. The molecule has 1 amide bonds. The van der Waals surface area contributed by atoms with Crippen LogP contribution in [0.25, 0.3) is 11.3 Å². The summed E-state index contributed by atoms with van der Waals surface area (Å²) in [6, 6.07) is 15.8. The van der Waals surface area contributed by atoms with Crippen molar-refractivity contribution in [3.8, 4) is 17.0 Å². The van der Waals surface area contributed by atoms with Crippen LogP contribution in [0.3, 0.4) is 0 Å². The maximum atomic E-state index is 12.7. The standard InChI is InChI=1S/C23H25N3O2S/c1-17-5-3-7-19(13-17)23(27)26-11-9-25(10-12-26)15-22-24-21(16-29-22)18-6-4-8-20(14-18)28-2/h3-8,13-14,16H,9-12,15H2,1-2H3. The average Bonchev–Trinajstić information content (AvgIpc) is 3.22. The van der Waals surface area contributed by atoms with Crippen LogP contribution >= 0.6 is 11.3 Å². The molecule has 1 saturated heterocycles. The minimum absolute atomic E-state index is 0.128. The first-order valence-electron chi connectivity index (χ1n) is 9.79. The molecule has 1 aromatic heterocycles. The third kappa shape index (κ3) is 4.66. The second-order valence-electron chi connectivity index (χ2n) is 7.30. The van der Waals surface area contributed by atoms with Gasteiger partial charge in [-0.3, -0.25) is 9.69 Å². The van der Waals surface area contributed by atoms with E-state index >= 15 is 0 Å². The second-order valence-corrected chi connectivity index (χ2v) is 8.24. The van der Waals surface area contributed by atoms with Crippen molar-refractivity contribution in [1.82, 2.24) is 14.8 Å². The Kier molecular flexibility index (Phi) is 5.92. The maximum absolute atomic E-state index is 12.7. The Morgan fingerprint density at radius 3 is 2.66 bits per heavy atom. The van der Waals surface area contributed by atoms with E-state index in [1.807, 2.05) is 54.3 Å². The zero-order valence-corrected chi connectivity index (χ0v) is 17.6. The van der Waals surface area contributed by atoms with Crippen LogP contribution in [-0.4, -0.2) is 54.0 Å². The molecule has 3 aromatic rings. The molecule has 2 aromatic carbocycles. The lowest BCUT2D eigenvalue weighted by molar-refractivity contribution is 0.0628. The Morgan fingerprint density at radius 2 is 1.90 bits per heavy atom. The number of carbonyl (C=O) groups excluding carboxylic acids is 1. The van der Waals surface area contributed by atoms with E-state index < -0.39 is 0 Å². The minimum Gasteiger partial charge on any atom is -0.497 e. The van der Waals surface area contributed by atoms with Crippen molar-refractivity contribution in [3.05, 3.63) is 70.0 Å². The zero-order valence-electron chi connectivity index (χ0n) is 16.8. The van der Waals surface area contributed by atoms with Gasteiger partial charge in [0.05, 0.1) is 19.3 Å². The molecule has 1 fully saturated rings. The lowest BCUT2D eigenvalue weighted by atomic mass is 10.1. The molecule has 0 unspecified atom stereocenters. The number of aromatic nitrogens is 1. The Hall–Kier alpha value is -2.70. The summed E-state index contributed by atoms with van der Waals surface area (Å²) < 4.78 is 5.31. The van der Waals surface area contributed by atoms with Crippen molar-refractivity contribution in [3.63, 3.8) is 0 Å². The van der Waals surface area contributed by atoms with E-state index in [0.717, 1.165) is 65.9 Å². The van der Waals surface area contributed by atoms with Crippen molar-refractivity contribution in [2.45, 2.75) is 13.5 Å². The molecule has 0 bridgehead atoms. The molecule has 0 N–H and O–H groups in total. The summed E-state index contributed by atoms with van der Waals surface area (Å²) in [5.74, 6) is 0.967. The van der Waals surface area contributed by atoms with Gasteiger partial charge in [-0.25, -0.2) is 4.98 Å². The molecule has 1 aliphatic rings. The molecule has 0 atom stereocenters. The van der Waals surface area contributed by atoms with Gasteiger partial charge < -0.3 is 9.64 Å². The SMILES string of the molecule is COc1cccc(-c2csc(CN3CCN(C(=O)c4cccc(C)c4)CC3)n2)c1. The van der Waals surface area contributed by atoms with E-state index in [9.17, 15) is 4.79 Å². The molecule has 1 aliphatic heterocycles. The van der Waals surface area contributed by atoms with Gasteiger partial charge in [0.25, 0.3) is 5.91 Å². The highest BCUT2D eigenvalue weighted by Crippen LogP contribution is 2.26.